The van der Waals surface area contributed by atoms with Crippen LogP contribution >= 0.6 is 11.8 Å². The summed E-state index contributed by atoms with van der Waals surface area (Å²) in [4.78, 5) is 37.1. The zero-order chi connectivity index (χ0) is 20.0. The highest BCUT2D eigenvalue weighted by atomic mass is 32.2. The number of carbonyl (C=O) groups excluding carboxylic acids is 3. The zero-order valence-electron chi connectivity index (χ0n) is 15.6. The number of benzene rings is 2. The van der Waals surface area contributed by atoms with Crippen LogP contribution in [0.5, 0.6) is 5.75 Å². The van der Waals surface area contributed by atoms with E-state index in [9.17, 15) is 14.4 Å². The molecule has 0 fully saturated rings. The molecule has 1 amide bonds. The first-order chi connectivity index (χ1) is 12.8. The largest absolute Gasteiger partial charge is 0.496 e. The van der Waals surface area contributed by atoms with E-state index >= 15 is 0 Å². The number of thioether (sulfide) groups is 1. The number of ketones is 1. The summed E-state index contributed by atoms with van der Waals surface area (Å²) in [6.07, 6.45) is 0.892. The summed E-state index contributed by atoms with van der Waals surface area (Å²) in [5.74, 6) is -0.872. The van der Waals surface area contributed by atoms with E-state index in [4.69, 9.17) is 9.47 Å². The Hall–Kier alpha value is -2.80. The third kappa shape index (κ3) is 5.34. The zero-order valence-corrected chi connectivity index (χ0v) is 16.4. The number of hydrogen-bond acceptors (Lipinski definition) is 6. The molecule has 27 heavy (non-hydrogen) atoms. The third-order valence-corrected chi connectivity index (χ3v) is 4.54. The van der Waals surface area contributed by atoms with Crippen molar-refractivity contribution < 1.29 is 23.9 Å². The molecule has 2 rings (SSSR count). The topological polar surface area (TPSA) is 81.7 Å². The van der Waals surface area contributed by atoms with Gasteiger partial charge in [0.15, 0.2) is 11.9 Å². The molecular formula is C20H21NO5S. The fourth-order valence-electron chi connectivity index (χ4n) is 2.30. The van der Waals surface area contributed by atoms with Crippen molar-refractivity contribution in [3.8, 4) is 5.75 Å². The van der Waals surface area contributed by atoms with E-state index in [1.54, 1.807) is 42.5 Å². The number of anilines is 1. The molecule has 0 aliphatic heterocycles. The first kappa shape index (κ1) is 20.5. The predicted octanol–water partition coefficient (Wildman–Crippen LogP) is 3.80. The maximum Gasteiger partial charge on any atom is 0.342 e. The highest BCUT2D eigenvalue weighted by Crippen LogP contribution is 2.26. The predicted molar refractivity (Wildman–Crippen MR) is 105 cm³/mol. The summed E-state index contributed by atoms with van der Waals surface area (Å²) in [5.41, 5.74) is 1.18. The van der Waals surface area contributed by atoms with Crippen molar-refractivity contribution in [2.24, 2.45) is 0 Å². The average molecular weight is 387 g/mol. The van der Waals surface area contributed by atoms with Crippen molar-refractivity contribution in [3.63, 3.8) is 0 Å². The summed E-state index contributed by atoms with van der Waals surface area (Å²) in [7, 11) is 1.47. The van der Waals surface area contributed by atoms with Gasteiger partial charge in [-0.2, -0.15) is 0 Å². The lowest BCUT2D eigenvalue weighted by Gasteiger charge is -2.15. The van der Waals surface area contributed by atoms with Crippen LogP contribution in [-0.2, 0) is 9.53 Å². The number of esters is 1. The van der Waals surface area contributed by atoms with Gasteiger partial charge in [-0.15, -0.1) is 11.8 Å². The standard InChI is InChI=1S/C20H21NO5S/c1-12(22)14-6-5-7-15(10-14)21-19(23)13(2)26-20(24)17-9-8-16(27-4)11-18(17)25-3/h5-11,13H,1-4H3,(H,21,23)/t13-/m1/s1. The Morgan fingerprint density at radius 1 is 1.11 bits per heavy atom. The van der Waals surface area contributed by atoms with Gasteiger partial charge in [0.25, 0.3) is 5.91 Å². The van der Waals surface area contributed by atoms with E-state index < -0.39 is 18.0 Å². The summed E-state index contributed by atoms with van der Waals surface area (Å²) in [6.45, 7) is 2.92. The van der Waals surface area contributed by atoms with E-state index in [1.807, 2.05) is 6.26 Å². The molecule has 1 atom stereocenters. The second-order valence-electron chi connectivity index (χ2n) is 5.74. The first-order valence-corrected chi connectivity index (χ1v) is 9.43. The maximum atomic E-state index is 12.4. The molecule has 0 bridgehead atoms. The SMILES string of the molecule is COc1cc(SC)ccc1C(=O)O[C@H](C)C(=O)Nc1cccc(C(C)=O)c1. The summed E-state index contributed by atoms with van der Waals surface area (Å²) >= 11 is 1.52. The first-order valence-electron chi connectivity index (χ1n) is 8.20. The molecule has 0 spiro atoms. The summed E-state index contributed by atoms with van der Waals surface area (Å²) in [5, 5.41) is 2.64. The lowest BCUT2D eigenvalue weighted by Crippen LogP contribution is -2.30. The summed E-state index contributed by atoms with van der Waals surface area (Å²) < 4.78 is 10.5. The Morgan fingerprint density at radius 2 is 1.85 bits per heavy atom. The van der Waals surface area contributed by atoms with Crippen LogP contribution in [0.25, 0.3) is 0 Å². The van der Waals surface area contributed by atoms with Crippen LogP contribution in [0.15, 0.2) is 47.4 Å². The minimum absolute atomic E-state index is 0.105. The van der Waals surface area contributed by atoms with Crippen LogP contribution in [0.3, 0.4) is 0 Å². The second kappa shape index (κ2) is 9.23. The fraction of sp³-hybridized carbons (Fsp3) is 0.250. The van der Waals surface area contributed by atoms with Gasteiger partial charge in [-0.05, 0) is 50.4 Å². The monoisotopic (exact) mass is 387 g/mol. The Bertz CT molecular complexity index is 865. The highest BCUT2D eigenvalue weighted by Gasteiger charge is 2.22. The molecule has 0 unspecified atom stereocenters. The third-order valence-electron chi connectivity index (χ3n) is 3.82. The molecular weight excluding hydrogens is 366 g/mol. The van der Waals surface area contributed by atoms with Gasteiger partial charge < -0.3 is 14.8 Å². The van der Waals surface area contributed by atoms with Crippen molar-refractivity contribution >= 4 is 35.1 Å². The Labute approximate surface area is 162 Å². The van der Waals surface area contributed by atoms with E-state index in [-0.39, 0.29) is 11.3 Å². The molecule has 0 saturated carbocycles. The van der Waals surface area contributed by atoms with Crippen LogP contribution in [0.4, 0.5) is 5.69 Å². The minimum Gasteiger partial charge on any atom is -0.496 e. The van der Waals surface area contributed by atoms with Gasteiger partial charge in [-0.3, -0.25) is 9.59 Å². The minimum atomic E-state index is -1.02. The molecule has 0 heterocycles. The lowest BCUT2D eigenvalue weighted by molar-refractivity contribution is -0.123. The van der Waals surface area contributed by atoms with Crippen molar-refractivity contribution in [2.75, 3.05) is 18.7 Å². The molecule has 0 saturated heterocycles. The molecule has 6 nitrogen and oxygen atoms in total. The molecule has 2 aromatic carbocycles. The fourth-order valence-corrected chi connectivity index (χ4v) is 2.73. The van der Waals surface area contributed by atoms with Gasteiger partial charge in [0.05, 0.1) is 7.11 Å². The highest BCUT2D eigenvalue weighted by molar-refractivity contribution is 7.98. The maximum absolute atomic E-state index is 12.4. The number of ether oxygens (including phenoxy) is 2. The van der Waals surface area contributed by atoms with Crippen molar-refractivity contribution in [1.82, 2.24) is 0 Å². The quantitative estimate of drug-likeness (QED) is 0.442. The number of amides is 1. The normalized spacial score (nSPS) is 11.4. The molecule has 0 radical (unpaired) electrons. The lowest BCUT2D eigenvalue weighted by atomic mass is 10.1. The van der Waals surface area contributed by atoms with Crippen LogP contribution in [-0.4, -0.2) is 37.1 Å². The van der Waals surface area contributed by atoms with Crippen LogP contribution in [0.2, 0.25) is 0 Å². The van der Waals surface area contributed by atoms with Crippen LogP contribution in [0, 0.1) is 0 Å². The molecule has 1 N–H and O–H groups in total. The number of methoxy groups -OCH3 is 1. The van der Waals surface area contributed by atoms with Crippen molar-refractivity contribution in [3.05, 3.63) is 53.6 Å². The number of hydrogen-bond donors (Lipinski definition) is 1. The Kier molecular flexibility index (Phi) is 7.01. The average Bonchev–Trinajstić information content (AvgIpc) is 2.67. The van der Waals surface area contributed by atoms with E-state index in [2.05, 4.69) is 5.32 Å². The molecule has 0 aromatic heterocycles. The second-order valence-corrected chi connectivity index (χ2v) is 6.62. The van der Waals surface area contributed by atoms with Crippen molar-refractivity contribution in [2.45, 2.75) is 24.8 Å². The molecule has 0 aliphatic carbocycles. The van der Waals surface area contributed by atoms with E-state index in [0.29, 0.717) is 17.0 Å². The van der Waals surface area contributed by atoms with Gasteiger partial charge in [0, 0.05) is 16.1 Å². The molecule has 7 heteroatoms. The van der Waals surface area contributed by atoms with Crippen molar-refractivity contribution in [1.29, 1.82) is 0 Å². The Morgan fingerprint density at radius 3 is 2.48 bits per heavy atom. The molecule has 2 aromatic rings. The Balaban J connectivity index is 2.07. The van der Waals surface area contributed by atoms with Crippen LogP contribution in [0.1, 0.15) is 34.6 Å². The van der Waals surface area contributed by atoms with Gasteiger partial charge in [0.1, 0.15) is 11.3 Å². The van der Waals surface area contributed by atoms with Gasteiger partial charge in [-0.25, -0.2) is 4.79 Å². The van der Waals surface area contributed by atoms with Gasteiger partial charge >= 0.3 is 5.97 Å². The number of nitrogens with one attached hydrogen (secondary N) is 1. The van der Waals surface area contributed by atoms with Crippen LogP contribution < -0.4 is 10.1 Å². The molecule has 142 valence electrons. The van der Waals surface area contributed by atoms with E-state index in [0.717, 1.165) is 4.90 Å². The van der Waals surface area contributed by atoms with E-state index in [1.165, 1.54) is 32.7 Å². The number of Topliss-reactive ketones (excluding diaryl/α,β-unsaturated/α-hetero) is 1. The smallest absolute Gasteiger partial charge is 0.342 e. The van der Waals surface area contributed by atoms with Gasteiger partial charge in [-0.1, -0.05) is 12.1 Å². The summed E-state index contributed by atoms with van der Waals surface area (Å²) in [6, 6.07) is 11.7. The molecule has 0 aliphatic rings. The number of rotatable bonds is 7. The number of carbonyl (C=O) groups is 3. The van der Waals surface area contributed by atoms with Gasteiger partial charge in [0.2, 0.25) is 0 Å².